The molecule has 1 N–H and O–H groups in total. The van der Waals surface area contributed by atoms with Crippen molar-refractivity contribution in [3.05, 3.63) is 22.4 Å². The number of imide groups is 1. The van der Waals surface area contributed by atoms with Gasteiger partial charge in [0.15, 0.2) is 5.78 Å². The highest BCUT2D eigenvalue weighted by Gasteiger charge is 2.55. The predicted octanol–water partition coefficient (Wildman–Crippen LogP) is 2.75. The number of amides is 3. The first-order valence-electron chi connectivity index (χ1n) is 9.30. The molecule has 1 aromatic rings. The fourth-order valence-electron chi connectivity index (χ4n) is 3.79. The van der Waals surface area contributed by atoms with Crippen LogP contribution >= 0.6 is 11.3 Å². The minimum atomic E-state index is -0.872. The highest BCUT2D eigenvalue weighted by atomic mass is 32.1. The van der Waals surface area contributed by atoms with Crippen LogP contribution in [0.25, 0.3) is 0 Å². The first kappa shape index (κ1) is 19.5. The third-order valence-corrected chi connectivity index (χ3v) is 6.31. The summed E-state index contributed by atoms with van der Waals surface area (Å²) in [5.74, 6) is -0.900. The number of hydrogen-bond donors (Lipinski definition) is 1. The lowest BCUT2D eigenvalue weighted by atomic mass is 9.73. The third-order valence-electron chi connectivity index (χ3n) is 5.40. The van der Waals surface area contributed by atoms with E-state index in [4.69, 9.17) is 4.74 Å². The molecule has 7 nitrogen and oxygen atoms in total. The molecule has 2 fully saturated rings. The van der Waals surface area contributed by atoms with E-state index in [9.17, 15) is 19.2 Å². The lowest BCUT2D eigenvalue weighted by molar-refractivity contribution is -0.148. The number of urea groups is 1. The normalized spacial score (nSPS) is 24.9. The number of rotatable bonds is 7. The number of thiophene rings is 1. The minimum absolute atomic E-state index is 0.0170. The summed E-state index contributed by atoms with van der Waals surface area (Å²) in [6.45, 7) is 1.66. The van der Waals surface area contributed by atoms with Gasteiger partial charge in [-0.3, -0.25) is 19.3 Å². The zero-order valence-electron chi connectivity index (χ0n) is 15.4. The zero-order valence-corrected chi connectivity index (χ0v) is 16.2. The molecule has 3 amide bonds. The maximum absolute atomic E-state index is 12.8. The quantitative estimate of drug-likeness (QED) is 0.333. The Labute approximate surface area is 162 Å². The van der Waals surface area contributed by atoms with Gasteiger partial charge in [0.25, 0.3) is 5.91 Å². The second-order valence-electron chi connectivity index (χ2n) is 7.16. The average Bonchev–Trinajstić information content (AvgIpc) is 3.25. The van der Waals surface area contributed by atoms with Gasteiger partial charge in [-0.1, -0.05) is 25.8 Å². The standard InChI is InChI=1S/C19H24N2O5S/c1-13-6-2-3-9-19(13)17(24)21(18(25)20-19)12-16(23)26-10-4-7-14(22)15-8-5-11-27-15/h5,8,11,13H,2-4,6-7,9-10,12H2,1H3,(H,20,25)/t13-,19-/m0/s1. The monoisotopic (exact) mass is 392 g/mol. The maximum atomic E-state index is 12.8. The van der Waals surface area contributed by atoms with Crippen LogP contribution in [0.4, 0.5) is 4.79 Å². The number of carbonyl (C=O) groups excluding carboxylic acids is 4. The first-order valence-corrected chi connectivity index (χ1v) is 10.2. The van der Waals surface area contributed by atoms with Gasteiger partial charge in [0.05, 0.1) is 11.5 Å². The largest absolute Gasteiger partial charge is 0.464 e. The fourth-order valence-corrected chi connectivity index (χ4v) is 4.49. The van der Waals surface area contributed by atoms with Gasteiger partial charge in [0, 0.05) is 6.42 Å². The number of hydrogen-bond acceptors (Lipinski definition) is 6. The van der Waals surface area contributed by atoms with Gasteiger partial charge < -0.3 is 10.1 Å². The van der Waals surface area contributed by atoms with E-state index in [1.54, 1.807) is 6.07 Å². The number of Topliss-reactive ketones (excluding diaryl/α,β-unsaturated/α-hetero) is 1. The Bertz CT molecular complexity index is 732. The predicted molar refractivity (Wildman–Crippen MR) is 99.5 cm³/mol. The van der Waals surface area contributed by atoms with Crippen LogP contribution in [0.2, 0.25) is 0 Å². The molecule has 1 aromatic heterocycles. The molecule has 1 spiro atoms. The van der Waals surface area contributed by atoms with E-state index >= 15 is 0 Å². The van der Waals surface area contributed by atoms with Gasteiger partial charge >= 0.3 is 12.0 Å². The third kappa shape index (κ3) is 4.05. The molecule has 146 valence electrons. The summed E-state index contributed by atoms with van der Waals surface area (Å²) in [4.78, 5) is 50.6. The number of nitrogens with one attached hydrogen (secondary N) is 1. The van der Waals surface area contributed by atoms with E-state index in [1.165, 1.54) is 11.3 Å². The van der Waals surface area contributed by atoms with Gasteiger partial charge in [-0.15, -0.1) is 11.3 Å². The molecule has 1 saturated carbocycles. The summed E-state index contributed by atoms with van der Waals surface area (Å²) in [5, 5.41) is 4.65. The molecule has 2 atom stereocenters. The van der Waals surface area contributed by atoms with E-state index < -0.39 is 24.1 Å². The van der Waals surface area contributed by atoms with E-state index in [0.717, 1.165) is 24.2 Å². The zero-order chi connectivity index (χ0) is 19.4. The molecule has 0 unspecified atom stereocenters. The summed E-state index contributed by atoms with van der Waals surface area (Å²) in [7, 11) is 0. The molecule has 1 aliphatic heterocycles. The van der Waals surface area contributed by atoms with Crippen LogP contribution in [0.15, 0.2) is 17.5 Å². The van der Waals surface area contributed by atoms with Crippen molar-refractivity contribution in [1.82, 2.24) is 10.2 Å². The van der Waals surface area contributed by atoms with Crippen LogP contribution in [0.3, 0.4) is 0 Å². The highest BCUT2D eigenvalue weighted by molar-refractivity contribution is 7.12. The fraction of sp³-hybridized carbons (Fsp3) is 0.579. The Morgan fingerprint density at radius 3 is 2.89 bits per heavy atom. The Morgan fingerprint density at radius 1 is 1.37 bits per heavy atom. The van der Waals surface area contributed by atoms with Gasteiger partial charge in [-0.2, -0.15) is 0 Å². The van der Waals surface area contributed by atoms with Crippen LogP contribution in [0, 0.1) is 5.92 Å². The van der Waals surface area contributed by atoms with Crippen molar-refractivity contribution >= 4 is 35.0 Å². The van der Waals surface area contributed by atoms with Gasteiger partial charge in [0.2, 0.25) is 0 Å². The summed E-state index contributed by atoms with van der Waals surface area (Å²) in [5.41, 5.74) is -0.872. The van der Waals surface area contributed by atoms with Crippen molar-refractivity contribution in [3.63, 3.8) is 0 Å². The van der Waals surface area contributed by atoms with E-state index in [-0.39, 0.29) is 30.6 Å². The van der Waals surface area contributed by atoms with E-state index in [0.29, 0.717) is 17.7 Å². The van der Waals surface area contributed by atoms with E-state index in [1.807, 2.05) is 18.4 Å². The Kier molecular flexibility index (Phi) is 5.94. The molecule has 0 bridgehead atoms. The molecule has 0 radical (unpaired) electrons. The average molecular weight is 392 g/mol. The molecule has 1 aliphatic carbocycles. The van der Waals surface area contributed by atoms with Crippen LogP contribution in [0.1, 0.15) is 55.1 Å². The van der Waals surface area contributed by atoms with Crippen molar-refractivity contribution in [1.29, 1.82) is 0 Å². The van der Waals surface area contributed by atoms with Crippen LogP contribution in [-0.4, -0.2) is 47.3 Å². The minimum Gasteiger partial charge on any atom is -0.464 e. The maximum Gasteiger partial charge on any atom is 0.326 e. The molecule has 0 aromatic carbocycles. The molecule has 1 saturated heterocycles. The van der Waals surface area contributed by atoms with Gasteiger partial charge in [0.1, 0.15) is 12.1 Å². The molecule has 2 heterocycles. The summed E-state index contributed by atoms with van der Waals surface area (Å²) < 4.78 is 5.11. The SMILES string of the molecule is C[C@H]1CCCC[C@]12NC(=O)N(CC(=O)OCCCC(=O)c1cccs1)C2=O. The van der Waals surface area contributed by atoms with Crippen LogP contribution in [-0.2, 0) is 14.3 Å². The van der Waals surface area contributed by atoms with Crippen molar-refractivity contribution < 1.29 is 23.9 Å². The molecule has 3 rings (SSSR count). The first-order chi connectivity index (χ1) is 12.9. The van der Waals surface area contributed by atoms with Gasteiger partial charge in [-0.25, -0.2) is 4.79 Å². The van der Waals surface area contributed by atoms with Crippen LogP contribution in [0.5, 0.6) is 0 Å². The topological polar surface area (TPSA) is 92.8 Å². The second-order valence-corrected chi connectivity index (χ2v) is 8.11. The Morgan fingerprint density at radius 2 is 2.19 bits per heavy atom. The summed E-state index contributed by atoms with van der Waals surface area (Å²) >= 11 is 1.38. The Balaban J connectivity index is 1.46. The molecule has 8 heteroatoms. The lowest BCUT2D eigenvalue weighted by Crippen LogP contribution is -2.54. The highest BCUT2D eigenvalue weighted by Crippen LogP contribution is 2.38. The summed E-state index contributed by atoms with van der Waals surface area (Å²) in [6, 6.07) is 3.05. The van der Waals surface area contributed by atoms with Crippen molar-refractivity contribution in [2.24, 2.45) is 5.92 Å². The molecule has 2 aliphatic rings. The number of esters is 1. The number of carbonyl (C=O) groups is 4. The van der Waals surface area contributed by atoms with Crippen molar-refractivity contribution in [3.8, 4) is 0 Å². The van der Waals surface area contributed by atoms with Crippen molar-refractivity contribution in [2.45, 2.75) is 51.0 Å². The molecule has 27 heavy (non-hydrogen) atoms. The Hall–Kier alpha value is -2.22. The number of nitrogens with zero attached hydrogens (tertiary/aromatic N) is 1. The van der Waals surface area contributed by atoms with Crippen molar-refractivity contribution in [2.75, 3.05) is 13.2 Å². The number of ketones is 1. The summed E-state index contributed by atoms with van der Waals surface area (Å²) in [6.07, 6.45) is 4.10. The van der Waals surface area contributed by atoms with Gasteiger partial charge in [-0.05, 0) is 36.6 Å². The lowest BCUT2D eigenvalue weighted by Gasteiger charge is -2.36. The van der Waals surface area contributed by atoms with Crippen LogP contribution < -0.4 is 5.32 Å². The molecular weight excluding hydrogens is 368 g/mol. The van der Waals surface area contributed by atoms with E-state index in [2.05, 4.69) is 5.32 Å². The molecular formula is C19H24N2O5S. The smallest absolute Gasteiger partial charge is 0.326 e. The second kappa shape index (κ2) is 8.21. The number of ether oxygens (including phenoxy) is 1.